The molecule has 4 heterocycles. The van der Waals surface area contributed by atoms with Crippen molar-refractivity contribution in [1.82, 2.24) is 4.57 Å². The Morgan fingerprint density at radius 2 is 1.03 bits per heavy atom. The molecule has 9 aromatic rings. The summed E-state index contributed by atoms with van der Waals surface area (Å²) in [6, 6.07) is 62.7. The Kier molecular flexibility index (Phi) is 7.47. The zero-order valence-electron chi connectivity index (χ0n) is 36.0. The Morgan fingerprint density at radius 1 is 0.475 bits per heavy atom. The molecule has 1 aromatic heterocycles. The van der Waals surface area contributed by atoms with Gasteiger partial charge >= 0.3 is 0 Å². The summed E-state index contributed by atoms with van der Waals surface area (Å²) in [7, 11) is 0. The van der Waals surface area contributed by atoms with Gasteiger partial charge in [-0.1, -0.05) is 137 Å². The highest BCUT2D eigenvalue weighted by molar-refractivity contribution is 7.00. The molecule has 0 amide bonds. The van der Waals surface area contributed by atoms with Gasteiger partial charge in [-0.05, 0) is 136 Å². The molecule has 61 heavy (non-hydrogen) atoms. The Morgan fingerprint density at radius 3 is 1.69 bits per heavy atom. The number of aryl methyl sites for hydroxylation is 5. The summed E-state index contributed by atoms with van der Waals surface area (Å²) in [5, 5.41) is 2.64. The van der Waals surface area contributed by atoms with E-state index in [9.17, 15) is 0 Å². The van der Waals surface area contributed by atoms with Crippen LogP contribution in [0, 0.1) is 34.6 Å². The third kappa shape index (κ3) is 4.76. The summed E-state index contributed by atoms with van der Waals surface area (Å²) >= 11 is 0. The minimum absolute atomic E-state index is 0.0367. The van der Waals surface area contributed by atoms with Crippen LogP contribution in [0.5, 0.6) is 0 Å². The fourth-order valence-electron chi connectivity index (χ4n) is 11.7. The topological polar surface area (TPSA) is 11.4 Å². The third-order valence-corrected chi connectivity index (χ3v) is 14.7. The van der Waals surface area contributed by atoms with Crippen molar-refractivity contribution in [3.8, 4) is 5.69 Å². The summed E-state index contributed by atoms with van der Waals surface area (Å²) < 4.78 is 2.62. The van der Waals surface area contributed by atoms with Crippen LogP contribution in [0.1, 0.15) is 58.4 Å². The van der Waals surface area contributed by atoms with Crippen LogP contribution in [0.25, 0.3) is 27.5 Å². The van der Waals surface area contributed by atoms with E-state index in [2.05, 4.69) is 227 Å². The van der Waals surface area contributed by atoms with Gasteiger partial charge in [-0.15, -0.1) is 0 Å². The van der Waals surface area contributed by atoms with Gasteiger partial charge in [0.1, 0.15) is 0 Å². The number of fused-ring (bicyclic) bond motifs is 7. The molecule has 0 bridgehead atoms. The smallest absolute Gasteiger partial charge is 0.252 e. The van der Waals surface area contributed by atoms with Gasteiger partial charge in [0, 0.05) is 50.1 Å². The molecule has 8 aromatic carbocycles. The molecule has 2 atom stereocenters. The quantitative estimate of drug-likeness (QED) is 0.161. The van der Waals surface area contributed by atoms with Crippen molar-refractivity contribution in [2.75, 3.05) is 9.80 Å². The van der Waals surface area contributed by atoms with Crippen LogP contribution in [-0.4, -0.2) is 11.3 Å². The van der Waals surface area contributed by atoms with Crippen LogP contribution in [0.2, 0.25) is 0 Å². The van der Waals surface area contributed by atoms with Crippen LogP contribution in [0.4, 0.5) is 28.4 Å². The van der Waals surface area contributed by atoms with Gasteiger partial charge in [-0.25, -0.2) is 0 Å². The van der Waals surface area contributed by atoms with Crippen molar-refractivity contribution in [2.45, 2.75) is 59.4 Å². The molecule has 3 nitrogen and oxygen atoms in total. The Hall–Kier alpha value is -6.78. The largest absolute Gasteiger partial charge is 0.331 e. The number of anilines is 5. The molecule has 4 heteroatoms. The maximum absolute atomic E-state index is 2.79. The minimum atomic E-state index is -0.519. The monoisotopic (exact) mass is 785 g/mol. The van der Waals surface area contributed by atoms with E-state index in [1.54, 1.807) is 0 Å². The minimum Gasteiger partial charge on any atom is -0.331 e. The maximum Gasteiger partial charge on any atom is 0.252 e. The first kappa shape index (κ1) is 36.1. The molecule has 0 spiro atoms. The zero-order chi connectivity index (χ0) is 41.5. The van der Waals surface area contributed by atoms with Gasteiger partial charge in [0.25, 0.3) is 6.71 Å². The first-order chi connectivity index (χ1) is 29.6. The molecule has 12 rings (SSSR count). The molecule has 0 aliphatic carbocycles. The lowest BCUT2D eigenvalue weighted by atomic mass is 9.33. The van der Waals surface area contributed by atoms with E-state index in [-0.39, 0.29) is 6.71 Å². The summed E-state index contributed by atoms with van der Waals surface area (Å²) in [5.74, 6) is 0. The van der Waals surface area contributed by atoms with Crippen molar-refractivity contribution in [3.05, 3.63) is 208 Å². The van der Waals surface area contributed by atoms with Gasteiger partial charge in [-0.2, -0.15) is 0 Å². The number of aromatic nitrogens is 1. The summed E-state index contributed by atoms with van der Waals surface area (Å²) in [6.07, 6.45) is 0. The zero-order valence-corrected chi connectivity index (χ0v) is 36.0. The van der Waals surface area contributed by atoms with E-state index in [1.807, 2.05) is 0 Å². The van der Waals surface area contributed by atoms with E-state index in [1.165, 1.54) is 99.8 Å². The Balaban J connectivity index is 1.28. The lowest BCUT2D eigenvalue weighted by Crippen LogP contribution is -2.63. The van der Waals surface area contributed by atoms with E-state index in [0.717, 1.165) is 17.1 Å². The van der Waals surface area contributed by atoms with E-state index in [4.69, 9.17) is 0 Å². The molecular formula is C57H48BN3. The molecule has 294 valence electrons. The molecule has 3 aliphatic rings. The van der Waals surface area contributed by atoms with Crippen LogP contribution in [0.3, 0.4) is 0 Å². The van der Waals surface area contributed by atoms with Crippen LogP contribution in [-0.2, 0) is 11.0 Å². The summed E-state index contributed by atoms with van der Waals surface area (Å²) in [6.45, 7) is 16.2. The molecule has 3 aliphatic heterocycles. The average molecular weight is 786 g/mol. The van der Waals surface area contributed by atoms with Gasteiger partial charge in [0.2, 0.25) is 0 Å². The van der Waals surface area contributed by atoms with E-state index >= 15 is 0 Å². The number of rotatable bonds is 5. The number of nitrogens with zero attached hydrogens (tertiary/aromatic N) is 3. The van der Waals surface area contributed by atoms with Crippen molar-refractivity contribution >= 4 is 73.3 Å². The average Bonchev–Trinajstić information content (AvgIpc) is 3.69. The van der Waals surface area contributed by atoms with Crippen LogP contribution < -0.4 is 26.2 Å². The van der Waals surface area contributed by atoms with Crippen molar-refractivity contribution in [2.24, 2.45) is 0 Å². The molecule has 0 radical (unpaired) electrons. The molecule has 0 saturated heterocycles. The fraction of sp³-hybridized carbons (Fsp3) is 0.158. The highest BCUT2D eigenvalue weighted by Gasteiger charge is 2.62. The second kappa shape index (κ2) is 12.6. The molecule has 0 saturated carbocycles. The first-order valence-corrected chi connectivity index (χ1v) is 21.8. The second-order valence-corrected chi connectivity index (χ2v) is 18.5. The van der Waals surface area contributed by atoms with Crippen LogP contribution in [0.15, 0.2) is 164 Å². The summed E-state index contributed by atoms with van der Waals surface area (Å²) in [4.78, 5) is 5.26. The number of hydrogen-bond donors (Lipinski definition) is 0. The Bertz CT molecular complexity index is 3230. The lowest BCUT2D eigenvalue weighted by molar-refractivity contribution is 0.336. The van der Waals surface area contributed by atoms with Gasteiger partial charge in [0.15, 0.2) is 0 Å². The number of hydrogen-bond acceptors (Lipinski definition) is 2. The highest BCUT2D eigenvalue weighted by Crippen LogP contribution is 2.63. The van der Waals surface area contributed by atoms with E-state index < -0.39 is 11.0 Å². The molecular weight excluding hydrogens is 737 g/mol. The maximum atomic E-state index is 2.79. The van der Waals surface area contributed by atoms with Crippen molar-refractivity contribution < 1.29 is 0 Å². The Labute approximate surface area is 359 Å². The molecule has 0 fully saturated rings. The fourth-order valence-corrected chi connectivity index (χ4v) is 11.7. The predicted molar refractivity (Wildman–Crippen MR) is 259 cm³/mol. The lowest BCUT2D eigenvalue weighted by Gasteiger charge is -2.50. The highest BCUT2D eigenvalue weighted by atomic mass is 15.3. The van der Waals surface area contributed by atoms with E-state index in [0.29, 0.717) is 0 Å². The van der Waals surface area contributed by atoms with Crippen LogP contribution >= 0.6 is 0 Å². The van der Waals surface area contributed by atoms with Gasteiger partial charge in [-0.3, -0.25) is 0 Å². The normalized spacial score (nSPS) is 18.1. The second-order valence-electron chi connectivity index (χ2n) is 18.5. The molecule has 2 unspecified atom stereocenters. The molecule has 0 N–H and O–H groups in total. The van der Waals surface area contributed by atoms with Crippen molar-refractivity contribution in [1.29, 1.82) is 0 Å². The third-order valence-electron chi connectivity index (χ3n) is 14.7. The van der Waals surface area contributed by atoms with Gasteiger partial charge in [0.05, 0.1) is 16.7 Å². The van der Waals surface area contributed by atoms with Crippen molar-refractivity contribution in [3.63, 3.8) is 0 Å². The predicted octanol–water partition coefficient (Wildman–Crippen LogP) is 12.3. The SMILES string of the molecule is Cc1ccc(N(c2ccc(C)cc2)c2cc3c4c(c2)-n2c5ccc(C)cc5c5cc(C)cc(c52)B4c2cc(C)cc4c2N3C(C)(c2ccccc2)C4(C)c2ccccc2)cc1. The first-order valence-electron chi connectivity index (χ1n) is 21.8. The van der Waals surface area contributed by atoms with Gasteiger partial charge < -0.3 is 14.4 Å². The summed E-state index contributed by atoms with van der Waals surface area (Å²) in [5.41, 5.74) is 23.4. The number of benzene rings is 8. The standard InChI is InChI=1S/C57H48BN3/c1-35-18-23-42(24-19-35)59(43-25-20-36(2)21-26-43)44-33-51-53-52(34-44)61-55-47(56(6,40-14-10-8-11-15-40)57(61,7)41-16-12-9-13-17-41)30-39(5)32-49(55)58(53)48-31-38(4)29-46-45-28-37(3)22-27-50(45)60(51)54(46)48/h8-34H,1-7H3.